The fraction of sp³-hybridized carbons (Fsp3) is 0.933. The quantitative estimate of drug-likeness (QED) is 0.786. The van der Waals surface area contributed by atoms with Gasteiger partial charge in [-0.25, -0.2) is 0 Å². The third kappa shape index (κ3) is 1.56. The molecule has 0 aromatic carbocycles. The molecule has 19 heavy (non-hydrogen) atoms. The first-order valence-electron chi connectivity index (χ1n) is 7.90. The monoisotopic (exact) mass is 264 g/mol. The van der Waals surface area contributed by atoms with Crippen molar-refractivity contribution in [1.29, 1.82) is 0 Å². The van der Waals surface area contributed by atoms with Crippen molar-refractivity contribution < 1.29 is 9.90 Å². The minimum Gasteiger partial charge on any atom is -0.480 e. The number of nitrogens with one attached hydrogen (secondary N) is 1. The smallest absolute Gasteiger partial charge is 0.324 e. The van der Waals surface area contributed by atoms with Crippen molar-refractivity contribution in [1.82, 2.24) is 10.2 Å². The summed E-state index contributed by atoms with van der Waals surface area (Å²) in [5, 5.41) is 13.4. The molecule has 0 radical (unpaired) electrons. The number of carbonyl (C=O) groups is 1. The van der Waals surface area contributed by atoms with Crippen molar-refractivity contribution in [2.45, 2.75) is 37.6 Å². The molecule has 4 aliphatic carbocycles. The van der Waals surface area contributed by atoms with Crippen LogP contribution in [0.1, 0.15) is 32.1 Å². The molecule has 4 saturated carbocycles. The average Bonchev–Trinajstić information content (AvgIpc) is 2.39. The zero-order valence-corrected chi connectivity index (χ0v) is 11.5. The summed E-state index contributed by atoms with van der Waals surface area (Å²) >= 11 is 0. The Hall–Kier alpha value is -0.610. The van der Waals surface area contributed by atoms with Crippen LogP contribution in [0.2, 0.25) is 0 Å². The van der Waals surface area contributed by atoms with Gasteiger partial charge in [0.05, 0.1) is 0 Å². The summed E-state index contributed by atoms with van der Waals surface area (Å²) in [6, 6.07) is 0. The molecule has 1 aliphatic heterocycles. The summed E-state index contributed by atoms with van der Waals surface area (Å²) in [5.74, 6) is 1.97. The maximum absolute atomic E-state index is 12.2. The fourth-order valence-electron chi connectivity index (χ4n) is 5.94. The normalized spacial score (nSPS) is 49.5. The van der Waals surface area contributed by atoms with Gasteiger partial charge in [-0.1, -0.05) is 0 Å². The van der Waals surface area contributed by atoms with Crippen molar-refractivity contribution in [3.8, 4) is 0 Å². The molecule has 4 bridgehead atoms. The van der Waals surface area contributed by atoms with Gasteiger partial charge >= 0.3 is 5.97 Å². The molecule has 0 spiro atoms. The third-order valence-corrected chi connectivity index (χ3v) is 6.37. The van der Waals surface area contributed by atoms with Crippen molar-refractivity contribution in [2.24, 2.45) is 23.7 Å². The Labute approximate surface area is 114 Å². The highest BCUT2D eigenvalue weighted by Crippen LogP contribution is 2.60. The van der Waals surface area contributed by atoms with E-state index in [-0.39, 0.29) is 0 Å². The minimum atomic E-state index is -0.525. The van der Waals surface area contributed by atoms with E-state index in [1.54, 1.807) is 0 Å². The molecule has 1 heterocycles. The lowest BCUT2D eigenvalue weighted by atomic mass is 9.48. The second-order valence-corrected chi connectivity index (χ2v) is 7.17. The molecule has 4 nitrogen and oxygen atoms in total. The van der Waals surface area contributed by atoms with Gasteiger partial charge in [-0.15, -0.1) is 0 Å². The van der Waals surface area contributed by atoms with Gasteiger partial charge in [0.15, 0.2) is 0 Å². The number of nitrogens with zero attached hydrogens (tertiary/aromatic N) is 1. The Kier molecular flexibility index (Phi) is 2.68. The van der Waals surface area contributed by atoms with E-state index in [1.807, 2.05) is 0 Å². The van der Waals surface area contributed by atoms with Crippen LogP contribution in [0.4, 0.5) is 0 Å². The molecule has 5 aliphatic rings. The number of aliphatic carboxylic acids is 1. The van der Waals surface area contributed by atoms with Gasteiger partial charge < -0.3 is 10.4 Å². The van der Waals surface area contributed by atoms with E-state index < -0.39 is 11.5 Å². The molecule has 2 N–H and O–H groups in total. The van der Waals surface area contributed by atoms with Gasteiger partial charge in [0.2, 0.25) is 0 Å². The molecule has 106 valence electrons. The molecule has 1 saturated heterocycles. The van der Waals surface area contributed by atoms with Gasteiger partial charge in [0, 0.05) is 26.2 Å². The van der Waals surface area contributed by atoms with Crippen LogP contribution in [0.3, 0.4) is 0 Å². The largest absolute Gasteiger partial charge is 0.480 e. The highest BCUT2D eigenvalue weighted by Gasteiger charge is 2.63. The predicted molar refractivity (Wildman–Crippen MR) is 71.9 cm³/mol. The number of hydrogen-bond donors (Lipinski definition) is 2. The van der Waals surface area contributed by atoms with Crippen LogP contribution in [-0.2, 0) is 4.79 Å². The zero-order chi connectivity index (χ0) is 13.0. The van der Waals surface area contributed by atoms with Crippen molar-refractivity contribution >= 4 is 5.97 Å². The van der Waals surface area contributed by atoms with Crippen LogP contribution in [0.15, 0.2) is 0 Å². The molecule has 5 rings (SSSR count). The standard InChI is InChI=1S/C15H24N2O2/c18-14(19)15(17-3-1-16-2-4-17)12-6-10-5-11(8-12)9-13(15)7-10/h10-13,16H,1-9H2,(H,18,19). The highest BCUT2D eigenvalue weighted by molar-refractivity contribution is 5.80. The average molecular weight is 264 g/mol. The van der Waals surface area contributed by atoms with Crippen LogP contribution in [0, 0.1) is 23.7 Å². The number of carboxylic acid groups (broad SMARTS) is 1. The van der Waals surface area contributed by atoms with Crippen LogP contribution in [0.5, 0.6) is 0 Å². The van der Waals surface area contributed by atoms with Gasteiger partial charge in [-0.05, 0) is 55.8 Å². The second-order valence-electron chi connectivity index (χ2n) is 7.17. The first-order chi connectivity index (χ1) is 9.21. The summed E-state index contributed by atoms with van der Waals surface area (Å²) in [4.78, 5) is 14.6. The molecular formula is C15H24N2O2. The van der Waals surface area contributed by atoms with Gasteiger partial charge in [-0.2, -0.15) is 0 Å². The molecular weight excluding hydrogens is 240 g/mol. The Bertz CT molecular complexity index is 356. The molecule has 0 aromatic rings. The first-order valence-corrected chi connectivity index (χ1v) is 7.90. The molecule has 4 heteroatoms. The summed E-state index contributed by atoms with van der Waals surface area (Å²) in [6.45, 7) is 3.71. The third-order valence-electron chi connectivity index (χ3n) is 6.37. The molecule has 0 amide bonds. The lowest BCUT2D eigenvalue weighted by Gasteiger charge is -2.62. The van der Waals surface area contributed by atoms with Crippen LogP contribution < -0.4 is 5.32 Å². The first kappa shape index (κ1) is 12.2. The van der Waals surface area contributed by atoms with E-state index in [0.29, 0.717) is 11.8 Å². The Morgan fingerprint density at radius 3 is 2.00 bits per heavy atom. The Balaban J connectivity index is 1.72. The number of piperazine rings is 1. The maximum atomic E-state index is 12.2. The topological polar surface area (TPSA) is 52.6 Å². The van der Waals surface area contributed by atoms with Crippen molar-refractivity contribution in [2.75, 3.05) is 26.2 Å². The summed E-state index contributed by atoms with van der Waals surface area (Å²) in [5.41, 5.74) is -0.518. The van der Waals surface area contributed by atoms with Crippen LogP contribution in [0.25, 0.3) is 0 Å². The summed E-state index contributed by atoms with van der Waals surface area (Å²) in [6.07, 6.45) is 6.06. The predicted octanol–water partition coefficient (Wildman–Crippen LogP) is 1.17. The zero-order valence-electron chi connectivity index (χ0n) is 11.5. The molecule has 5 fully saturated rings. The summed E-state index contributed by atoms with van der Waals surface area (Å²) < 4.78 is 0. The SMILES string of the molecule is O=C(O)C1(N2CCNCC2)C2CC3CC(C2)CC1C3. The molecule has 0 unspecified atom stereocenters. The lowest BCUT2D eigenvalue weighted by molar-refractivity contribution is -0.186. The maximum Gasteiger partial charge on any atom is 0.324 e. The van der Waals surface area contributed by atoms with Gasteiger partial charge in [0.1, 0.15) is 5.54 Å². The molecule has 0 atom stereocenters. The highest BCUT2D eigenvalue weighted by atomic mass is 16.4. The number of hydrogen-bond acceptors (Lipinski definition) is 3. The lowest BCUT2D eigenvalue weighted by Crippen LogP contribution is -2.72. The van der Waals surface area contributed by atoms with Crippen molar-refractivity contribution in [3.63, 3.8) is 0 Å². The molecule has 0 aromatic heterocycles. The summed E-state index contributed by atoms with van der Waals surface area (Å²) in [7, 11) is 0. The van der Waals surface area contributed by atoms with E-state index in [9.17, 15) is 9.90 Å². The van der Waals surface area contributed by atoms with Crippen LogP contribution in [-0.4, -0.2) is 47.7 Å². The Morgan fingerprint density at radius 2 is 1.53 bits per heavy atom. The van der Waals surface area contributed by atoms with Crippen molar-refractivity contribution in [3.05, 3.63) is 0 Å². The second kappa shape index (κ2) is 4.19. The van der Waals surface area contributed by atoms with E-state index >= 15 is 0 Å². The minimum absolute atomic E-state index is 0.416. The van der Waals surface area contributed by atoms with E-state index in [1.165, 1.54) is 32.1 Å². The number of rotatable bonds is 2. The van der Waals surface area contributed by atoms with Crippen LogP contribution >= 0.6 is 0 Å². The van der Waals surface area contributed by atoms with E-state index in [4.69, 9.17) is 0 Å². The fourth-order valence-corrected chi connectivity index (χ4v) is 5.94. The van der Waals surface area contributed by atoms with E-state index in [2.05, 4.69) is 10.2 Å². The number of carboxylic acids is 1. The van der Waals surface area contributed by atoms with Gasteiger partial charge in [-0.3, -0.25) is 9.69 Å². The van der Waals surface area contributed by atoms with Gasteiger partial charge in [0.25, 0.3) is 0 Å². The van der Waals surface area contributed by atoms with E-state index in [0.717, 1.165) is 38.0 Å². The Morgan fingerprint density at radius 1 is 1.00 bits per heavy atom.